The molecule has 1 atom stereocenters. The van der Waals surface area contributed by atoms with Gasteiger partial charge >= 0.3 is 5.97 Å². The third kappa shape index (κ3) is 3.21. The van der Waals surface area contributed by atoms with Crippen LogP contribution in [0.1, 0.15) is 11.5 Å². The second-order valence-corrected chi connectivity index (χ2v) is 4.40. The molecule has 0 spiro atoms. The monoisotopic (exact) mass is 251 g/mol. The van der Waals surface area contributed by atoms with Crippen LogP contribution in [0.15, 0.2) is 24.3 Å². The van der Waals surface area contributed by atoms with Crippen LogP contribution in [0, 0.1) is 0 Å². The minimum atomic E-state index is -0.868. The third-order valence-corrected chi connectivity index (χ3v) is 3.12. The number of aromatic hydroxyl groups is 1. The van der Waals surface area contributed by atoms with Crippen molar-refractivity contribution in [2.24, 2.45) is 0 Å². The van der Waals surface area contributed by atoms with Crippen LogP contribution in [0.2, 0.25) is 0 Å². The molecule has 18 heavy (non-hydrogen) atoms. The van der Waals surface area contributed by atoms with Crippen LogP contribution < -0.4 is 0 Å². The average Bonchev–Trinajstić information content (AvgIpc) is 2.37. The Morgan fingerprint density at radius 1 is 1.39 bits per heavy atom. The Kier molecular flexibility index (Phi) is 4.17. The fourth-order valence-corrected chi connectivity index (χ4v) is 2.11. The van der Waals surface area contributed by atoms with Gasteiger partial charge in [0, 0.05) is 19.6 Å². The number of ether oxygens (including phenoxy) is 1. The minimum absolute atomic E-state index is 0.0979. The number of phenols is 1. The van der Waals surface area contributed by atoms with Crippen molar-refractivity contribution in [3.05, 3.63) is 29.8 Å². The Labute approximate surface area is 106 Å². The van der Waals surface area contributed by atoms with E-state index in [2.05, 4.69) is 4.90 Å². The molecule has 5 heteroatoms. The van der Waals surface area contributed by atoms with Crippen molar-refractivity contribution in [2.45, 2.75) is 5.92 Å². The van der Waals surface area contributed by atoms with Crippen molar-refractivity contribution in [3.8, 4) is 5.75 Å². The van der Waals surface area contributed by atoms with Crippen molar-refractivity contribution < 1.29 is 19.7 Å². The number of nitrogens with zero attached hydrogens (tertiary/aromatic N) is 1. The van der Waals surface area contributed by atoms with Gasteiger partial charge in [-0.2, -0.15) is 0 Å². The summed E-state index contributed by atoms with van der Waals surface area (Å²) >= 11 is 0. The van der Waals surface area contributed by atoms with E-state index in [9.17, 15) is 15.0 Å². The minimum Gasteiger partial charge on any atom is -0.508 e. The number of rotatable bonds is 4. The maximum atomic E-state index is 11.3. The van der Waals surface area contributed by atoms with Gasteiger partial charge in [-0.05, 0) is 17.7 Å². The summed E-state index contributed by atoms with van der Waals surface area (Å²) in [4.78, 5) is 13.4. The highest BCUT2D eigenvalue weighted by atomic mass is 16.5. The van der Waals surface area contributed by atoms with Crippen molar-refractivity contribution in [3.63, 3.8) is 0 Å². The maximum absolute atomic E-state index is 11.3. The Hall–Kier alpha value is -1.59. The summed E-state index contributed by atoms with van der Waals surface area (Å²) in [5, 5.41) is 18.7. The van der Waals surface area contributed by atoms with E-state index in [1.165, 1.54) is 12.1 Å². The highest BCUT2D eigenvalue weighted by Crippen LogP contribution is 2.22. The van der Waals surface area contributed by atoms with Crippen LogP contribution in [0.3, 0.4) is 0 Å². The van der Waals surface area contributed by atoms with Crippen molar-refractivity contribution >= 4 is 5.97 Å². The van der Waals surface area contributed by atoms with E-state index >= 15 is 0 Å². The van der Waals surface area contributed by atoms with E-state index in [0.717, 1.165) is 13.1 Å². The van der Waals surface area contributed by atoms with Gasteiger partial charge in [0.25, 0.3) is 0 Å². The van der Waals surface area contributed by atoms with Crippen molar-refractivity contribution in [1.29, 1.82) is 0 Å². The van der Waals surface area contributed by atoms with Gasteiger partial charge in [0.2, 0.25) is 0 Å². The molecular weight excluding hydrogens is 234 g/mol. The topological polar surface area (TPSA) is 70.0 Å². The van der Waals surface area contributed by atoms with Crippen LogP contribution in [0.5, 0.6) is 5.75 Å². The van der Waals surface area contributed by atoms with Crippen LogP contribution in [-0.4, -0.2) is 53.9 Å². The van der Waals surface area contributed by atoms with Crippen LogP contribution in [0.4, 0.5) is 0 Å². The Morgan fingerprint density at radius 2 is 2.11 bits per heavy atom. The van der Waals surface area contributed by atoms with Gasteiger partial charge in [-0.3, -0.25) is 9.69 Å². The summed E-state index contributed by atoms with van der Waals surface area (Å²) < 4.78 is 5.24. The number of hydrogen-bond acceptors (Lipinski definition) is 4. The Balaban J connectivity index is 2.10. The number of carboxylic acids is 1. The molecule has 1 unspecified atom stereocenters. The average molecular weight is 251 g/mol. The summed E-state index contributed by atoms with van der Waals surface area (Å²) in [5.74, 6) is -1.39. The summed E-state index contributed by atoms with van der Waals surface area (Å²) in [6.07, 6.45) is 0. The zero-order valence-corrected chi connectivity index (χ0v) is 10.1. The van der Waals surface area contributed by atoms with Gasteiger partial charge in [-0.25, -0.2) is 0 Å². The molecule has 0 aliphatic carbocycles. The van der Waals surface area contributed by atoms with Gasteiger partial charge in [0.1, 0.15) is 5.75 Å². The molecule has 98 valence electrons. The smallest absolute Gasteiger partial charge is 0.312 e. The lowest BCUT2D eigenvalue weighted by atomic mass is 9.98. The molecule has 0 radical (unpaired) electrons. The lowest BCUT2D eigenvalue weighted by Crippen LogP contribution is -2.40. The number of aliphatic carboxylic acids is 1. The van der Waals surface area contributed by atoms with Gasteiger partial charge in [-0.1, -0.05) is 12.1 Å². The fourth-order valence-electron chi connectivity index (χ4n) is 2.11. The fraction of sp³-hybridized carbons (Fsp3) is 0.462. The first-order chi connectivity index (χ1) is 8.66. The molecule has 0 saturated carbocycles. The Morgan fingerprint density at radius 3 is 2.72 bits per heavy atom. The summed E-state index contributed by atoms with van der Waals surface area (Å²) in [7, 11) is 0. The van der Waals surface area contributed by atoms with E-state index < -0.39 is 11.9 Å². The highest BCUT2D eigenvalue weighted by molar-refractivity contribution is 5.76. The zero-order valence-electron chi connectivity index (χ0n) is 10.1. The lowest BCUT2D eigenvalue weighted by molar-refractivity contribution is -0.139. The van der Waals surface area contributed by atoms with E-state index in [0.29, 0.717) is 25.3 Å². The highest BCUT2D eigenvalue weighted by Gasteiger charge is 2.24. The predicted molar refractivity (Wildman–Crippen MR) is 65.7 cm³/mol. The molecule has 0 bridgehead atoms. The second kappa shape index (κ2) is 5.84. The molecule has 1 heterocycles. The molecule has 1 saturated heterocycles. The van der Waals surface area contributed by atoms with Gasteiger partial charge in [0.05, 0.1) is 19.1 Å². The number of benzene rings is 1. The summed E-state index contributed by atoms with van der Waals surface area (Å²) in [5.41, 5.74) is 0.633. The zero-order chi connectivity index (χ0) is 13.0. The molecule has 0 amide bonds. The number of carbonyl (C=O) groups is 1. The first-order valence-electron chi connectivity index (χ1n) is 5.98. The molecule has 2 rings (SSSR count). The van der Waals surface area contributed by atoms with Gasteiger partial charge in [-0.15, -0.1) is 0 Å². The molecule has 1 aromatic carbocycles. The Bertz CT molecular complexity index is 415. The van der Waals surface area contributed by atoms with Gasteiger partial charge in [0.15, 0.2) is 0 Å². The number of carboxylic acid groups (broad SMARTS) is 1. The maximum Gasteiger partial charge on any atom is 0.312 e. The molecule has 1 aromatic rings. The molecular formula is C13H17NO4. The normalized spacial score (nSPS) is 18.4. The summed E-state index contributed by atoms with van der Waals surface area (Å²) in [6.45, 7) is 3.24. The van der Waals surface area contributed by atoms with E-state index in [-0.39, 0.29) is 5.75 Å². The molecule has 1 fully saturated rings. The predicted octanol–water partition coefficient (Wildman–Crippen LogP) is 0.893. The quantitative estimate of drug-likeness (QED) is 0.831. The largest absolute Gasteiger partial charge is 0.508 e. The molecule has 0 aromatic heterocycles. The first kappa shape index (κ1) is 12.9. The van der Waals surface area contributed by atoms with Crippen LogP contribution in [-0.2, 0) is 9.53 Å². The van der Waals surface area contributed by atoms with E-state index in [1.807, 2.05) is 0 Å². The standard InChI is InChI=1S/C13H17NO4/c15-11-3-1-2-10(8-11)12(13(16)17)9-14-4-6-18-7-5-14/h1-3,8,12,15H,4-7,9H2,(H,16,17). The van der Waals surface area contributed by atoms with Crippen molar-refractivity contribution in [1.82, 2.24) is 4.90 Å². The van der Waals surface area contributed by atoms with Crippen molar-refractivity contribution in [2.75, 3.05) is 32.8 Å². The van der Waals surface area contributed by atoms with E-state index in [4.69, 9.17) is 4.74 Å². The molecule has 1 aliphatic heterocycles. The SMILES string of the molecule is O=C(O)C(CN1CCOCC1)c1cccc(O)c1. The number of phenolic OH excluding ortho intramolecular Hbond substituents is 1. The van der Waals surface area contributed by atoms with Crippen LogP contribution in [0.25, 0.3) is 0 Å². The number of hydrogen-bond donors (Lipinski definition) is 2. The number of morpholine rings is 1. The third-order valence-electron chi connectivity index (χ3n) is 3.12. The van der Waals surface area contributed by atoms with Gasteiger partial charge < -0.3 is 14.9 Å². The van der Waals surface area contributed by atoms with Crippen LogP contribution >= 0.6 is 0 Å². The first-order valence-corrected chi connectivity index (χ1v) is 5.98. The van der Waals surface area contributed by atoms with E-state index in [1.54, 1.807) is 12.1 Å². The summed E-state index contributed by atoms with van der Waals surface area (Å²) in [6, 6.07) is 6.45. The second-order valence-electron chi connectivity index (χ2n) is 4.40. The molecule has 2 N–H and O–H groups in total. The molecule has 1 aliphatic rings. The lowest BCUT2D eigenvalue weighted by Gasteiger charge is -2.29. The molecule has 5 nitrogen and oxygen atoms in total.